The molecule has 4 heteroatoms. The third-order valence-corrected chi connectivity index (χ3v) is 3.35. The van der Waals surface area contributed by atoms with Crippen LogP contribution in [0.15, 0.2) is 24.5 Å². The lowest BCUT2D eigenvalue weighted by Crippen LogP contribution is -2.38. The molecule has 0 saturated carbocycles. The first-order chi connectivity index (χ1) is 8.83. The van der Waals surface area contributed by atoms with Gasteiger partial charge in [0.25, 0.3) is 0 Å². The fraction of sp³-hybridized carbons (Fsp3) is 0.600. The van der Waals surface area contributed by atoms with E-state index in [9.17, 15) is 9.90 Å². The minimum Gasteiger partial charge on any atom is -0.392 e. The van der Waals surface area contributed by atoms with E-state index in [2.05, 4.69) is 24.1 Å². The predicted octanol–water partition coefficient (Wildman–Crippen LogP) is 1.88. The molecule has 1 unspecified atom stereocenters. The smallest absolute Gasteiger partial charge is 0.222 e. The largest absolute Gasteiger partial charge is 0.392 e. The monoisotopic (exact) mass is 264 g/mol. The number of aliphatic hydroxyl groups is 1. The van der Waals surface area contributed by atoms with Crippen molar-refractivity contribution in [3.63, 3.8) is 0 Å². The van der Waals surface area contributed by atoms with Crippen LogP contribution < -0.4 is 5.32 Å². The van der Waals surface area contributed by atoms with Gasteiger partial charge in [-0.25, -0.2) is 0 Å². The Balaban J connectivity index is 2.50. The molecule has 0 spiro atoms. The van der Waals surface area contributed by atoms with Gasteiger partial charge in [0.05, 0.1) is 12.5 Å². The average molecular weight is 264 g/mol. The molecule has 1 aromatic heterocycles. The molecule has 2 N–H and O–H groups in total. The van der Waals surface area contributed by atoms with E-state index >= 15 is 0 Å². The highest BCUT2D eigenvalue weighted by atomic mass is 16.3. The number of hydrogen-bond donors (Lipinski definition) is 2. The van der Waals surface area contributed by atoms with Gasteiger partial charge in [-0.05, 0) is 23.6 Å². The number of rotatable bonds is 6. The van der Waals surface area contributed by atoms with Crippen molar-refractivity contribution in [3.8, 4) is 0 Å². The number of nitrogens with zero attached hydrogens (tertiary/aromatic N) is 1. The second-order valence-electron chi connectivity index (χ2n) is 5.91. The van der Waals surface area contributed by atoms with E-state index in [-0.39, 0.29) is 23.7 Å². The summed E-state index contributed by atoms with van der Waals surface area (Å²) in [4.78, 5) is 15.7. The van der Waals surface area contributed by atoms with Gasteiger partial charge in [0.2, 0.25) is 5.91 Å². The molecule has 4 nitrogen and oxygen atoms in total. The normalized spacial score (nSPS) is 13.4. The number of amides is 1. The fourth-order valence-corrected chi connectivity index (χ4v) is 1.72. The van der Waals surface area contributed by atoms with Crippen molar-refractivity contribution in [2.24, 2.45) is 5.92 Å². The van der Waals surface area contributed by atoms with Crippen molar-refractivity contribution in [1.29, 1.82) is 0 Å². The van der Waals surface area contributed by atoms with E-state index in [4.69, 9.17) is 0 Å². The summed E-state index contributed by atoms with van der Waals surface area (Å²) in [6.07, 6.45) is 3.08. The van der Waals surface area contributed by atoms with Crippen LogP contribution in [0.25, 0.3) is 0 Å². The van der Waals surface area contributed by atoms with Gasteiger partial charge < -0.3 is 10.4 Å². The summed E-state index contributed by atoms with van der Waals surface area (Å²) in [6, 6.07) is 3.91. The average Bonchev–Trinajstić information content (AvgIpc) is 2.37. The maximum Gasteiger partial charge on any atom is 0.222 e. The molecule has 0 radical (unpaired) electrons. The number of pyridine rings is 1. The summed E-state index contributed by atoms with van der Waals surface area (Å²) < 4.78 is 0. The molecular weight excluding hydrogens is 240 g/mol. The second-order valence-corrected chi connectivity index (χ2v) is 5.91. The lowest BCUT2D eigenvalue weighted by atomic mass is 9.85. The first-order valence-corrected chi connectivity index (χ1v) is 6.68. The number of aromatic nitrogens is 1. The zero-order valence-corrected chi connectivity index (χ0v) is 12.2. The van der Waals surface area contributed by atoms with E-state index in [0.29, 0.717) is 6.54 Å². The molecule has 1 amide bonds. The summed E-state index contributed by atoms with van der Waals surface area (Å²) >= 11 is 0. The molecule has 0 saturated heterocycles. The summed E-state index contributed by atoms with van der Waals surface area (Å²) in [5.41, 5.74) is 0.980. The molecule has 106 valence electrons. The standard InChI is InChI=1S/C15H24N2O2/c1-11(2)13(18)9-14(19)17-10-15(3,4)12-5-7-16-8-6-12/h5-8,11,13,18H,9-10H2,1-4H3,(H,17,19). The minimum atomic E-state index is -0.580. The van der Waals surface area contributed by atoms with Crippen LogP contribution in [0.3, 0.4) is 0 Å². The van der Waals surface area contributed by atoms with Crippen LogP contribution in [0.5, 0.6) is 0 Å². The SMILES string of the molecule is CC(C)C(O)CC(=O)NCC(C)(C)c1ccncc1. The Kier molecular flexibility index (Phi) is 5.48. The molecule has 1 aromatic rings. The maximum absolute atomic E-state index is 11.8. The summed E-state index contributed by atoms with van der Waals surface area (Å²) in [5, 5.41) is 12.6. The van der Waals surface area contributed by atoms with E-state index in [1.54, 1.807) is 12.4 Å². The minimum absolute atomic E-state index is 0.0963. The second kappa shape index (κ2) is 6.66. The topological polar surface area (TPSA) is 62.2 Å². The first kappa shape index (κ1) is 15.6. The predicted molar refractivity (Wildman–Crippen MR) is 75.7 cm³/mol. The van der Waals surface area contributed by atoms with E-state index in [1.165, 1.54) is 0 Å². The maximum atomic E-state index is 11.8. The molecule has 0 aliphatic rings. The Labute approximate surface area is 115 Å². The number of nitrogens with one attached hydrogen (secondary N) is 1. The molecule has 0 aliphatic heterocycles. The molecule has 1 atom stereocenters. The molecule has 0 aliphatic carbocycles. The highest BCUT2D eigenvalue weighted by molar-refractivity contribution is 5.76. The van der Waals surface area contributed by atoms with Crippen molar-refractivity contribution in [3.05, 3.63) is 30.1 Å². The zero-order chi connectivity index (χ0) is 14.5. The highest BCUT2D eigenvalue weighted by Gasteiger charge is 2.22. The number of hydrogen-bond acceptors (Lipinski definition) is 3. The lowest BCUT2D eigenvalue weighted by molar-refractivity contribution is -0.123. The van der Waals surface area contributed by atoms with Crippen molar-refractivity contribution in [1.82, 2.24) is 10.3 Å². The number of carbonyl (C=O) groups is 1. The molecule has 19 heavy (non-hydrogen) atoms. The van der Waals surface area contributed by atoms with E-state index in [1.807, 2.05) is 26.0 Å². The summed E-state index contributed by atoms with van der Waals surface area (Å²) in [7, 11) is 0. The van der Waals surface area contributed by atoms with Gasteiger partial charge in [0.15, 0.2) is 0 Å². The van der Waals surface area contributed by atoms with Crippen LogP contribution >= 0.6 is 0 Å². The molecule has 0 bridgehead atoms. The summed E-state index contributed by atoms with van der Waals surface area (Å²) in [5.74, 6) is -0.0118. The van der Waals surface area contributed by atoms with Crippen LogP contribution in [0.2, 0.25) is 0 Å². The van der Waals surface area contributed by atoms with Crippen LogP contribution in [-0.4, -0.2) is 28.6 Å². The van der Waals surface area contributed by atoms with Gasteiger partial charge >= 0.3 is 0 Å². The van der Waals surface area contributed by atoms with Gasteiger partial charge in [-0.3, -0.25) is 9.78 Å². The van der Waals surface area contributed by atoms with Crippen molar-refractivity contribution in [2.75, 3.05) is 6.54 Å². The molecule has 1 rings (SSSR count). The quantitative estimate of drug-likeness (QED) is 0.824. The highest BCUT2D eigenvalue weighted by Crippen LogP contribution is 2.21. The van der Waals surface area contributed by atoms with Gasteiger partial charge in [-0.15, -0.1) is 0 Å². The Bertz CT molecular complexity index is 402. The Morgan fingerprint density at radius 3 is 2.47 bits per heavy atom. The van der Waals surface area contributed by atoms with E-state index in [0.717, 1.165) is 5.56 Å². The van der Waals surface area contributed by atoms with Crippen LogP contribution in [-0.2, 0) is 10.2 Å². The molecule has 1 heterocycles. The van der Waals surface area contributed by atoms with Crippen LogP contribution in [0.4, 0.5) is 0 Å². The molecule has 0 aromatic carbocycles. The summed E-state index contributed by atoms with van der Waals surface area (Å²) in [6.45, 7) is 8.49. The first-order valence-electron chi connectivity index (χ1n) is 6.68. The van der Waals surface area contributed by atoms with E-state index < -0.39 is 6.10 Å². The number of carbonyl (C=O) groups excluding carboxylic acids is 1. The zero-order valence-electron chi connectivity index (χ0n) is 12.2. The van der Waals surface area contributed by atoms with Gasteiger partial charge in [0, 0.05) is 24.4 Å². The van der Waals surface area contributed by atoms with Gasteiger partial charge in [-0.1, -0.05) is 27.7 Å². The Morgan fingerprint density at radius 1 is 1.37 bits per heavy atom. The van der Waals surface area contributed by atoms with Crippen molar-refractivity contribution < 1.29 is 9.90 Å². The lowest BCUT2D eigenvalue weighted by Gasteiger charge is -2.26. The van der Waals surface area contributed by atoms with Crippen LogP contribution in [0.1, 0.15) is 39.7 Å². The van der Waals surface area contributed by atoms with Crippen LogP contribution in [0, 0.1) is 5.92 Å². The van der Waals surface area contributed by atoms with Gasteiger partial charge in [0.1, 0.15) is 0 Å². The molecular formula is C15H24N2O2. The van der Waals surface area contributed by atoms with Crippen molar-refractivity contribution in [2.45, 2.75) is 45.6 Å². The fourth-order valence-electron chi connectivity index (χ4n) is 1.72. The Hall–Kier alpha value is -1.42. The van der Waals surface area contributed by atoms with Gasteiger partial charge in [-0.2, -0.15) is 0 Å². The molecule has 0 fully saturated rings. The van der Waals surface area contributed by atoms with Crippen molar-refractivity contribution >= 4 is 5.91 Å². The third kappa shape index (κ3) is 4.99. The third-order valence-electron chi connectivity index (χ3n) is 3.35. The Morgan fingerprint density at radius 2 is 1.95 bits per heavy atom. The number of aliphatic hydroxyl groups excluding tert-OH is 1.